The third kappa shape index (κ3) is 10.9. The lowest BCUT2D eigenvalue weighted by atomic mass is 9.66. The van der Waals surface area contributed by atoms with Crippen molar-refractivity contribution in [2.75, 3.05) is 19.8 Å². The molecule has 274 valence electrons. The fourth-order valence-corrected chi connectivity index (χ4v) is 8.65. The Morgan fingerprint density at radius 3 is 2.12 bits per heavy atom. The van der Waals surface area contributed by atoms with E-state index in [4.69, 9.17) is 9.47 Å². The summed E-state index contributed by atoms with van der Waals surface area (Å²) < 4.78 is 10.9. The highest BCUT2D eigenvalue weighted by Crippen LogP contribution is 2.46. The molecule has 2 aromatic rings. The number of unbranched alkanes of at least 4 members (excludes halogenated alkanes) is 2. The lowest BCUT2D eigenvalue weighted by Gasteiger charge is -2.40. The summed E-state index contributed by atoms with van der Waals surface area (Å²) in [5.74, 6) is 1.79. The van der Waals surface area contributed by atoms with E-state index >= 15 is 0 Å². The molecule has 1 unspecified atom stereocenters. The molecule has 2 aliphatic carbocycles. The van der Waals surface area contributed by atoms with Gasteiger partial charge in [0.15, 0.2) is 0 Å². The molecule has 2 saturated carbocycles. The topological polar surface area (TPSA) is 72.8 Å². The van der Waals surface area contributed by atoms with Crippen molar-refractivity contribution in [2.45, 2.75) is 130 Å². The second-order valence-electron chi connectivity index (χ2n) is 15.2. The number of carbonyl (C=O) groups excluding carboxylic acids is 2. The summed E-state index contributed by atoms with van der Waals surface area (Å²) in [6.45, 7) is 15.9. The van der Waals surface area contributed by atoms with Gasteiger partial charge in [0, 0.05) is 5.57 Å². The zero-order chi connectivity index (χ0) is 36.0. The maximum Gasteiger partial charge on any atom is 0.335 e. The first-order valence-corrected chi connectivity index (χ1v) is 19.7. The maximum atomic E-state index is 12.2. The predicted molar refractivity (Wildman–Crippen MR) is 205 cm³/mol. The van der Waals surface area contributed by atoms with Gasteiger partial charge in [0.2, 0.25) is 0 Å². The fraction of sp³-hybridized carbons (Fsp3) is 0.600. The molecular formula is C45H64O5. The zero-order valence-corrected chi connectivity index (χ0v) is 31.6. The Labute approximate surface area is 302 Å². The van der Waals surface area contributed by atoms with Gasteiger partial charge < -0.3 is 14.6 Å². The smallest absolute Gasteiger partial charge is 0.335 e. The Morgan fingerprint density at radius 2 is 1.50 bits per heavy atom. The molecule has 50 heavy (non-hydrogen) atoms. The number of hydrogen-bond acceptors (Lipinski definition) is 5. The standard InChI is InChI=1S/C45H64O5/c1-7-10-11-12-33-13-23-43(34(8-2)27-33)40-22-24-42(35(9-3)28-40)39-20-18-37(19-21-39)36-14-16-38(17-15-36)41(30-50-44(47)31(4)5)25-26-49-45(48)32(6)29-46/h13,22-24,27-28,36-39,41,46H,4,6-12,14-21,25-26,29-30H2,1-3,5H3. The predicted octanol–water partition coefficient (Wildman–Crippen LogP) is 10.5. The van der Waals surface area contributed by atoms with Crippen LogP contribution in [0.25, 0.3) is 11.1 Å². The van der Waals surface area contributed by atoms with Gasteiger partial charge in [-0.3, -0.25) is 0 Å². The average Bonchev–Trinajstić information content (AvgIpc) is 3.15. The van der Waals surface area contributed by atoms with E-state index in [-0.39, 0.29) is 24.1 Å². The fourth-order valence-electron chi connectivity index (χ4n) is 8.65. The number of rotatable bonds is 18. The van der Waals surface area contributed by atoms with Crippen LogP contribution < -0.4 is 0 Å². The van der Waals surface area contributed by atoms with Crippen molar-refractivity contribution >= 4 is 11.9 Å². The van der Waals surface area contributed by atoms with Crippen molar-refractivity contribution in [1.29, 1.82) is 0 Å². The van der Waals surface area contributed by atoms with Gasteiger partial charge in [0.05, 0.1) is 25.4 Å². The van der Waals surface area contributed by atoms with Gasteiger partial charge in [-0.1, -0.05) is 83.2 Å². The van der Waals surface area contributed by atoms with Crippen molar-refractivity contribution in [3.63, 3.8) is 0 Å². The van der Waals surface area contributed by atoms with Crippen molar-refractivity contribution in [3.8, 4) is 11.1 Å². The highest BCUT2D eigenvalue weighted by molar-refractivity contribution is 5.88. The van der Waals surface area contributed by atoms with E-state index in [1.165, 1.54) is 92.0 Å². The molecule has 2 aromatic carbocycles. The first-order valence-electron chi connectivity index (χ1n) is 19.7. The van der Waals surface area contributed by atoms with Crippen molar-refractivity contribution in [2.24, 2.45) is 23.7 Å². The van der Waals surface area contributed by atoms with Crippen LogP contribution in [0.3, 0.4) is 0 Å². The summed E-state index contributed by atoms with van der Waals surface area (Å²) >= 11 is 0. The van der Waals surface area contributed by atoms with Crippen molar-refractivity contribution < 1.29 is 24.2 Å². The summed E-state index contributed by atoms with van der Waals surface area (Å²) in [5, 5.41) is 9.17. The third-order valence-corrected chi connectivity index (χ3v) is 11.8. The van der Waals surface area contributed by atoms with E-state index in [1.54, 1.807) is 12.5 Å². The first-order chi connectivity index (χ1) is 24.2. The van der Waals surface area contributed by atoms with E-state index < -0.39 is 12.6 Å². The summed E-state index contributed by atoms with van der Waals surface area (Å²) in [7, 11) is 0. The van der Waals surface area contributed by atoms with Gasteiger partial charge in [-0.25, -0.2) is 9.59 Å². The molecule has 1 N–H and O–H groups in total. The van der Waals surface area contributed by atoms with E-state index in [0.717, 1.165) is 37.5 Å². The molecular weight excluding hydrogens is 620 g/mol. The molecule has 0 radical (unpaired) electrons. The van der Waals surface area contributed by atoms with Crippen molar-refractivity contribution in [3.05, 3.63) is 83.0 Å². The van der Waals surface area contributed by atoms with Gasteiger partial charge in [-0.05, 0) is 153 Å². The summed E-state index contributed by atoms with van der Waals surface area (Å²) in [5.41, 5.74) is 9.25. The molecule has 0 bridgehead atoms. The van der Waals surface area contributed by atoms with Crippen LogP contribution in [0.2, 0.25) is 0 Å². The number of benzene rings is 2. The van der Waals surface area contributed by atoms with Gasteiger partial charge in [-0.2, -0.15) is 0 Å². The Kier molecular flexibility index (Phi) is 15.9. The Balaban J connectivity index is 1.32. The molecule has 0 spiro atoms. The molecule has 4 rings (SSSR count). The third-order valence-electron chi connectivity index (χ3n) is 11.8. The van der Waals surface area contributed by atoms with Crippen LogP contribution in [-0.2, 0) is 38.3 Å². The van der Waals surface area contributed by atoms with Crippen LogP contribution >= 0.6 is 0 Å². The lowest BCUT2D eigenvalue weighted by molar-refractivity contribution is -0.144. The SMILES string of the molecule is C=C(C)C(=O)OCC(CCOC(=O)C(=C)CO)C1CCC(C2CCC(c3ccc(-c4ccc(CCCCC)cc4CC)cc3CC)CC2)CC1. The number of aliphatic hydroxyl groups excluding tert-OH is 1. The molecule has 5 nitrogen and oxygen atoms in total. The van der Waals surface area contributed by atoms with Crippen LogP contribution in [-0.4, -0.2) is 36.9 Å². The minimum atomic E-state index is -0.570. The second kappa shape index (κ2) is 20.0. The molecule has 1 atom stereocenters. The van der Waals surface area contributed by atoms with Crippen LogP contribution in [0.1, 0.15) is 133 Å². The highest BCUT2D eigenvalue weighted by Gasteiger charge is 2.34. The summed E-state index contributed by atoms with van der Waals surface area (Å²) in [6, 6.07) is 14.5. The second-order valence-corrected chi connectivity index (χ2v) is 15.2. The molecule has 5 heteroatoms. The zero-order valence-electron chi connectivity index (χ0n) is 31.6. The van der Waals surface area contributed by atoms with Gasteiger partial charge >= 0.3 is 11.9 Å². The Hall–Kier alpha value is -3.18. The summed E-state index contributed by atoms with van der Waals surface area (Å²) in [4.78, 5) is 24.2. The quantitative estimate of drug-likeness (QED) is 0.0961. The van der Waals surface area contributed by atoms with E-state index in [2.05, 4.69) is 70.3 Å². The number of aryl methyl sites for hydroxylation is 3. The number of aliphatic hydroxyl groups is 1. The van der Waals surface area contributed by atoms with Gasteiger partial charge in [-0.15, -0.1) is 0 Å². The molecule has 0 saturated heterocycles. The number of carbonyl (C=O) groups is 2. The van der Waals surface area contributed by atoms with Gasteiger partial charge in [0.25, 0.3) is 0 Å². The number of esters is 2. The normalized spacial score (nSPS) is 21.3. The molecule has 2 aliphatic rings. The molecule has 2 fully saturated rings. The lowest BCUT2D eigenvalue weighted by Crippen LogP contribution is -2.31. The largest absolute Gasteiger partial charge is 0.462 e. The molecule has 0 heterocycles. The Bertz CT molecular complexity index is 1420. The molecule has 0 aromatic heterocycles. The van der Waals surface area contributed by atoms with Gasteiger partial charge in [0.1, 0.15) is 0 Å². The molecule has 0 aliphatic heterocycles. The van der Waals surface area contributed by atoms with E-state index in [1.807, 2.05) is 0 Å². The average molecular weight is 685 g/mol. The number of hydrogen-bond donors (Lipinski definition) is 1. The minimum Gasteiger partial charge on any atom is -0.462 e. The van der Waals surface area contributed by atoms with E-state index in [0.29, 0.717) is 30.4 Å². The van der Waals surface area contributed by atoms with Crippen molar-refractivity contribution in [1.82, 2.24) is 0 Å². The van der Waals surface area contributed by atoms with Crippen LogP contribution in [0.15, 0.2) is 60.7 Å². The monoisotopic (exact) mass is 684 g/mol. The molecule has 0 amide bonds. The highest BCUT2D eigenvalue weighted by atomic mass is 16.5. The van der Waals surface area contributed by atoms with Crippen LogP contribution in [0.5, 0.6) is 0 Å². The van der Waals surface area contributed by atoms with E-state index in [9.17, 15) is 14.7 Å². The maximum absolute atomic E-state index is 12.2. The first kappa shape index (κ1) is 39.6. The number of ether oxygens (including phenoxy) is 2. The van der Waals surface area contributed by atoms with Crippen LogP contribution in [0, 0.1) is 23.7 Å². The minimum absolute atomic E-state index is 0.0534. The van der Waals surface area contributed by atoms with Crippen LogP contribution in [0.4, 0.5) is 0 Å². The summed E-state index contributed by atoms with van der Waals surface area (Å²) in [6.07, 6.45) is 17.6. The Morgan fingerprint density at radius 1 is 0.820 bits per heavy atom.